The van der Waals surface area contributed by atoms with E-state index in [0.717, 1.165) is 11.8 Å². The molecule has 0 aromatic heterocycles. The molecule has 1 aromatic rings. The van der Waals surface area contributed by atoms with Gasteiger partial charge in [-0.2, -0.15) is 0 Å². The first-order valence-corrected chi connectivity index (χ1v) is 7.19. The minimum absolute atomic E-state index is 0. The summed E-state index contributed by atoms with van der Waals surface area (Å²) in [5.74, 6) is 1.93. The Kier molecular flexibility index (Phi) is 5.08. The molecule has 1 aromatic carbocycles. The maximum atomic E-state index is 3.46. The van der Waals surface area contributed by atoms with Crippen LogP contribution in [0.25, 0.3) is 0 Å². The molecular weight excluding hydrogens is 242 g/mol. The van der Waals surface area contributed by atoms with Crippen molar-refractivity contribution < 1.29 is 0 Å². The predicted octanol–water partition coefficient (Wildman–Crippen LogP) is 3.60. The van der Waals surface area contributed by atoms with Gasteiger partial charge in [-0.3, -0.25) is 0 Å². The van der Waals surface area contributed by atoms with E-state index in [1.807, 2.05) is 0 Å². The van der Waals surface area contributed by atoms with Crippen LogP contribution in [0.1, 0.15) is 36.8 Å². The number of benzene rings is 1. The Morgan fingerprint density at radius 1 is 0.889 bits per heavy atom. The Morgan fingerprint density at radius 2 is 1.44 bits per heavy atom. The van der Waals surface area contributed by atoms with Crippen molar-refractivity contribution in [2.75, 3.05) is 13.1 Å². The lowest BCUT2D eigenvalue weighted by Crippen LogP contribution is -2.28. The summed E-state index contributed by atoms with van der Waals surface area (Å²) in [7, 11) is 0. The Hall–Kier alpha value is -0.530. The summed E-state index contributed by atoms with van der Waals surface area (Å²) in [4.78, 5) is 0. The van der Waals surface area contributed by atoms with E-state index in [9.17, 15) is 0 Å². The van der Waals surface area contributed by atoms with Gasteiger partial charge in [-0.15, -0.1) is 12.4 Å². The first-order chi connectivity index (χ1) is 8.42. The lowest BCUT2D eigenvalue weighted by molar-refractivity contribution is 0.322. The number of hydrogen-bond acceptors (Lipinski definition) is 1. The fourth-order valence-corrected chi connectivity index (χ4v) is 3.50. The van der Waals surface area contributed by atoms with Crippen LogP contribution in [-0.2, 0) is 12.8 Å². The highest BCUT2D eigenvalue weighted by atomic mass is 35.5. The van der Waals surface area contributed by atoms with Crippen molar-refractivity contribution in [3.8, 4) is 0 Å². The summed E-state index contributed by atoms with van der Waals surface area (Å²) in [5.41, 5.74) is 3.23. The van der Waals surface area contributed by atoms with Crippen molar-refractivity contribution >= 4 is 12.4 Å². The second kappa shape index (κ2) is 6.58. The molecule has 0 unspecified atom stereocenters. The van der Waals surface area contributed by atoms with E-state index >= 15 is 0 Å². The Balaban J connectivity index is 0.00000120. The van der Waals surface area contributed by atoms with Gasteiger partial charge < -0.3 is 5.32 Å². The molecule has 3 rings (SSSR count). The van der Waals surface area contributed by atoms with Crippen LogP contribution in [0.2, 0.25) is 0 Å². The number of rotatable bonds is 3. The number of nitrogens with one attached hydrogen (secondary N) is 1. The Morgan fingerprint density at radius 3 is 2.06 bits per heavy atom. The molecule has 2 aliphatic rings. The topological polar surface area (TPSA) is 12.0 Å². The van der Waals surface area contributed by atoms with Crippen LogP contribution < -0.4 is 5.32 Å². The zero-order chi connectivity index (χ0) is 11.5. The third kappa shape index (κ3) is 3.27. The molecule has 1 saturated heterocycles. The van der Waals surface area contributed by atoms with Crippen molar-refractivity contribution in [2.24, 2.45) is 11.8 Å². The fourth-order valence-electron chi connectivity index (χ4n) is 3.50. The lowest BCUT2D eigenvalue weighted by Gasteiger charge is -2.23. The van der Waals surface area contributed by atoms with Crippen LogP contribution in [-0.4, -0.2) is 13.1 Å². The minimum Gasteiger partial charge on any atom is -0.317 e. The molecule has 1 N–H and O–H groups in total. The van der Waals surface area contributed by atoms with Crippen molar-refractivity contribution in [2.45, 2.75) is 38.5 Å². The predicted molar refractivity (Wildman–Crippen MR) is 79.4 cm³/mol. The number of hydrogen-bond donors (Lipinski definition) is 1. The minimum atomic E-state index is 0. The monoisotopic (exact) mass is 265 g/mol. The van der Waals surface area contributed by atoms with E-state index in [1.54, 1.807) is 11.1 Å². The van der Waals surface area contributed by atoms with E-state index < -0.39 is 0 Å². The molecule has 0 saturated carbocycles. The molecule has 0 amide bonds. The van der Waals surface area contributed by atoms with Crippen molar-refractivity contribution in [1.29, 1.82) is 0 Å². The van der Waals surface area contributed by atoms with Gasteiger partial charge in [0.1, 0.15) is 0 Å². The van der Waals surface area contributed by atoms with Crippen molar-refractivity contribution in [3.05, 3.63) is 35.4 Å². The molecule has 1 nitrogen and oxygen atoms in total. The smallest absolute Gasteiger partial charge is 0.00463 e. The number of fused-ring (bicyclic) bond motifs is 1. The summed E-state index contributed by atoms with van der Waals surface area (Å²) < 4.78 is 0. The first kappa shape index (κ1) is 13.9. The summed E-state index contributed by atoms with van der Waals surface area (Å²) in [6.07, 6.45) is 8.38. The van der Waals surface area contributed by atoms with Gasteiger partial charge in [0.25, 0.3) is 0 Å². The maximum Gasteiger partial charge on any atom is -0.00463 e. The van der Waals surface area contributed by atoms with Crippen molar-refractivity contribution in [3.63, 3.8) is 0 Å². The van der Waals surface area contributed by atoms with Crippen LogP contribution in [0.4, 0.5) is 0 Å². The highest BCUT2D eigenvalue weighted by Crippen LogP contribution is 2.31. The van der Waals surface area contributed by atoms with Gasteiger partial charge in [-0.25, -0.2) is 0 Å². The van der Waals surface area contributed by atoms with E-state index in [4.69, 9.17) is 0 Å². The normalized spacial score (nSPS) is 20.4. The van der Waals surface area contributed by atoms with Gasteiger partial charge in [0.15, 0.2) is 0 Å². The summed E-state index contributed by atoms with van der Waals surface area (Å²) in [5, 5.41) is 3.46. The third-order valence-corrected chi connectivity index (χ3v) is 4.58. The van der Waals surface area contributed by atoms with E-state index in [2.05, 4.69) is 29.6 Å². The Labute approximate surface area is 117 Å². The highest BCUT2D eigenvalue weighted by molar-refractivity contribution is 5.85. The van der Waals surface area contributed by atoms with E-state index in [0.29, 0.717) is 0 Å². The zero-order valence-electron chi connectivity index (χ0n) is 11.0. The molecule has 1 heterocycles. The standard InChI is InChI=1S/C16H23N.ClH/c1-2-4-16-12-14(11-15(16)3-1)6-5-13-7-9-17-10-8-13;/h1-4,13-14,17H,5-12H2;1H. The van der Waals surface area contributed by atoms with Gasteiger partial charge in [0.2, 0.25) is 0 Å². The largest absolute Gasteiger partial charge is 0.317 e. The zero-order valence-corrected chi connectivity index (χ0v) is 11.8. The van der Waals surface area contributed by atoms with Crippen LogP contribution in [0, 0.1) is 11.8 Å². The van der Waals surface area contributed by atoms with Crippen LogP contribution in [0.15, 0.2) is 24.3 Å². The van der Waals surface area contributed by atoms with Gasteiger partial charge in [0.05, 0.1) is 0 Å². The molecule has 0 spiro atoms. The summed E-state index contributed by atoms with van der Waals surface area (Å²) in [6.45, 7) is 2.49. The average Bonchev–Trinajstić information content (AvgIpc) is 2.80. The van der Waals surface area contributed by atoms with E-state index in [1.165, 1.54) is 51.6 Å². The lowest BCUT2D eigenvalue weighted by atomic mass is 9.88. The van der Waals surface area contributed by atoms with Gasteiger partial charge >= 0.3 is 0 Å². The average molecular weight is 266 g/mol. The molecule has 18 heavy (non-hydrogen) atoms. The second-order valence-corrected chi connectivity index (χ2v) is 5.81. The molecule has 1 aliphatic heterocycles. The fraction of sp³-hybridized carbons (Fsp3) is 0.625. The highest BCUT2D eigenvalue weighted by Gasteiger charge is 2.22. The number of halogens is 1. The Bertz CT molecular complexity index is 346. The molecule has 0 atom stereocenters. The summed E-state index contributed by atoms with van der Waals surface area (Å²) in [6, 6.07) is 9.02. The molecule has 100 valence electrons. The first-order valence-electron chi connectivity index (χ1n) is 7.19. The molecule has 1 aliphatic carbocycles. The van der Waals surface area contributed by atoms with Crippen molar-refractivity contribution in [1.82, 2.24) is 5.32 Å². The van der Waals surface area contributed by atoms with Crippen LogP contribution >= 0.6 is 12.4 Å². The van der Waals surface area contributed by atoms with Crippen LogP contribution in [0.5, 0.6) is 0 Å². The molecular formula is C16H24ClN. The van der Waals surface area contributed by atoms with Gasteiger partial charge in [0, 0.05) is 0 Å². The number of piperidine rings is 1. The third-order valence-electron chi connectivity index (χ3n) is 4.58. The van der Waals surface area contributed by atoms with Crippen LogP contribution in [0.3, 0.4) is 0 Å². The maximum absolute atomic E-state index is 3.46. The quantitative estimate of drug-likeness (QED) is 0.881. The molecule has 0 radical (unpaired) electrons. The van der Waals surface area contributed by atoms with E-state index in [-0.39, 0.29) is 12.4 Å². The van der Waals surface area contributed by atoms with Gasteiger partial charge in [-0.1, -0.05) is 30.7 Å². The molecule has 2 heteroatoms. The SMILES string of the molecule is Cl.c1ccc2c(c1)CC(CCC1CCNCC1)C2. The summed E-state index contributed by atoms with van der Waals surface area (Å²) >= 11 is 0. The molecule has 1 fully saturated rings. The van der Waals surface area contributed by atoms with Gasteiger partial charge in [-0.05, 0) is 68.2 Å². The molecule has 0 bridgehead atoms. The second-order valence-electron chi connectivity index (χ2n) is 5.81.